The maximum Gasteiger partial charge on any atom is 0.249 e. The number of aromatic nitrogens is 3. The number of nitrogens with one attached hydrogen (secondary N) is 2. The van der Waals surface area contributed by atoms with Gasteiger partial charge < -0.3 is 9.88 Å². The third kappa shape index (κ3) is 3.87. The molecule has 152 valence electrons. The molecule has 0 spiro atoms. The molecule has 2 aliphatic rings. The highest BCUT2D eigenvalue weighted by Crippen LogP contribution is 2.39. The van der Waals surface area contributed by atoms with Gasteiger partial charge in [0.1, 0.15) is 0 Å². The van der Waals surface area contributed by atoms with Crippen LogP contribution in [0.15, 0.2) is 10.9 Å². The first-order chi connectivity index (χ1) is 13.3. The second-order valence-electron chi connectivity index (χ2n) is 9.63. The van der Waals surface area contributed by atoms with E-state index in [1.807, 2.05) is 6.92 Å². The van der Waals surface area contributed by atoms with E-state index in [1.54, 1.807) is 6.07 Å². The molecule has 0 aromatic carbocycles. The lowest BCUT2D eigenvalue weighted by Gasteiger charge is -2.38. The lowest BCUT2D eigenvalue weighted by atomic mass is 9.76. The van der Waals surface area contributed by atoms with Crippen molar-refractivity contribution in [1.29, 1.82) is 0 Å². The summed E-state index contributed by atoms with van der Waals surface area (Å²) in [5.74, 6) is 1.19. The zero-order valence-corrected chi connectivity index (χ0v) is 17.3. The number of fused-ring (bicyclic) bond motifs is 1. The van der Waals surface area contributed by atoms with Crippen LogP contribution in [0.3, 0.4) is 0 Å². The SMILES string of the molecule is Cc1[nH]nc2[nH]c(=O)cc(C3CCC(CC(=O)N4CCC(C)(C)CC4)CC3)c12. The number of amides is 1. The van der Waals surface area contributed by atoms with Crippen LogP contribution >= 0.6 is 0 Å². The molecule has 0 radical (unpaired) electrons. The number of piperidine rings is 1. The van der Waals surface area contributed by atoms with Gasteiger partial charge in [0, 0.05) is 36.7 Å². The van der Waals surface area contributed by atoms with Crippen molar-refractivity contribution in [2.75, 3.05) is 13.1 Å². The van der Waals surface area contributed by atoms with Crippen LogP contribution in [0.1, 0.15) is 76.0 Å². The van der Waals surface area contributed by atoms with E-state index in [-0.39, 0.29) is 5.56 Å². The van der Waals surface area contributed by atoms with Gasteiger partial charge in [-0.05, 0) is 68.3 Å². The molecule has 1 saturated carbocycles. The van der Waals surface area contributed by atoms with Gasteiger partial charge in [0.05, 0.1) is 0 Å². The van der Waals surface area contributed by atoms with E-state index >= 15 is 0 Å². The summed E-state index contributed by atoms with van der Waals surface area (Å²) in [4.78, 5) is 29.6. The Labute approximate surface area is 166 Å². The summed E-state index contributed by atoms with van der Waals surface area (Å²) >= 11 is 0. The average molecular weight is 385 g/mol. The van der Waals surface area contributed by atoms with E-state index in [0.717, 1.165) is 68.3 Å². The van der Waals surface area contributed by atoms with Crippen LogP contribution in [-0.2, 0) is 4.79 Å². The van der Waals surface area contributed by atoms with Crippen molar-refractivity contribution < 1.29 is 4.79 Å². The number of carbonyl (C=O) groups is 1. The highest BCUT2D eigenvalue weighted by Gasteiger charge is 2.31. The van der Waals surface area contributed by atoms with E-state index < -0.39 is 0 Å². The summed E-state index contributed by atoms with van der Waals surface area (Å²) in [6.45, 7) is 8.41. The predicted octanol–water partition coefficient (Wildman–Crippen LogP) is 3.87. The Kier molecular flexibility index (Phi) is 5.06. The summed E-state index contributed by atoms with van der Waals surface area (Å²) < 4.78 is 0. The minimum Gasteiger partial charge on any atom is -0.343 e. The Morgan fingerprint density at radius 1 is 1.21 bits per heavy atom. The molecule has 1 aliphatic heterocycles. The molecule has 1 amide bonds. The molecule has 2 aromatic rings. The summed E-state index contributed by atoms with van der Waals surface area (Å²) in [6, 6.07) is 1.75. The number of likely N-dealkylation sites (tertiary alicyclic amines) is 1. The number of hydrogen-bond donors (Lipinski definition) is 2. The first-order valence-corrected chi connectivity index (χ1v) is 10.7. The van der Waals surface area contributed by atoms with Crippen molar-refractivity contribution in [3.63, 3.8) is 0 Å². The van der Waals surface area contributed by atoms with E-state index in [4.69, 9.17) is 0 Å². The fraction of sp³-hybridized carbons (Fsp3) is 0.682. The van der Waals surface area contributed by atoms with Crippen LogP contribution < -0.4 is 5.56 Å². The number of hydrogen-bond acceptors (Lipinski definition) is 3. The lowest BCUT2D eigenvalue weighted by Crippen LogP contribution is -2.41. The van der Waals surface area contributed by atoms with E-state index in [9.17, 15) is 9.59 Å². The van der Waals surface area contributed by atoms with Crippen molar-refractivity contribution in [2.24, 2.45) is 11.3 Å². The zero-order valence-electron chi connectivity index (χ0n) is 17.3. The first-order valence-electron chi connectivity index (χ1n) is 10.7. The molecule has 6 heteroatoms. The molecule has 3 heterocycles. The Morgan fingerprint density at radius 2 is 1.89 bits per heavy atom. The van der Waals surface area contributed by atoms with Gasteiger partial charge in [-0.15, -0.1) is 0 Å². The Bertz CT molecular complexity index is 908. The van der Waals surface area contributed by atoms with Crippen molar-refractivity contribution in [1.82, 2.24) is 20.1 Å². The number of pyridine rings is 1. The molecule has 1 aliphatic carbocycles. The second-order valence-corrected chi connectivity index (χ2v) is 9.63. The van der Waals surface area contributed by atoms with Gasteiger partial charge in [-0.3, -0.25) is 14.7 Å². The topological polar surface area (TPSA) is 81.8 Å². The Hall–Kier alpha value is -2.11. The van der Waals surface area contributed by atoms with Crippen LogP contribution in [0, 0.1) is 18.3 Å². The number of aromatic amines is 2. The quantitative estimate of drug-likeness (QED) is 0.843. The van der Waals surface area contributed by atoms with Crippen LogP contribution in [0.4, 0.5) is 0 Å². The third-order valence-electron chi connectivity index (χ3n) is 6.98. The van der Waals surface area contributed by atoms with Gasteiger partial charge in [0.15, 0.2) is 5.65 Å². The van der Waals surface area contributed by atoms with Crippen molar-refractivity contribution in [3.05, 3.63) is 27.7 Å². The molecule has 0 atom stereocenters. The predicted molar refractivity (Wildman–Crippen MR) is 110 cm³/mol. The highest BCUT2D eigenvalue weighted by molar-refractivity contribution is 5.82. The molecule has 2 aromatic heterocycles. The molecule has 0 unspecified atom stereocenters. The number of rotatable bonds is 3. The van der Waals surface area contributed by atoms with Gasteiger partial charge in [-0.25, -0.2) is 0 Å². The number of carbonyl (C=O) groups excluding carboxylic acids is 1. The zero-order chi connectivity index (χ0) is 19.9. The molecule has 2 fully saturated rings. The maximum atomic E-state index is 12.7. The fourth-order valence-corrected chi connectivity index (χ4v) is 4.98. The smallest absolute Gasteiger partial charge is 0.249 e. The van der Waals surface area contributed by atoms with E-state index in [1.165, 1.54) is 0 Å². The van der Waals surface area contributed by atoms with Gasteiger partial charge in [0.2, 0.25) is 11.5 Å². The van der Waals surface area contributed by atoms with Gasteiger partial charge in [-0.2, -0.15) is 5.10 Å². The van der Waals surface area contributed by atoms with Crippen molar-refractivity contribution in [3.8, 4) is 0 Å². The number of nitrogens with zero attached hydrogens (tertiary/aromatic N) is 2. The normalized spacial score (nSPS) is 25.2. The van der Waals surface area contributed by atoms with Crippen LogP contribution in [0.5, 0.6) is 0 Å². The minimum atomic E-state index is -0.0840. The van der Waals surface area contributed by atoms with Crippen LogP contribution in [0.25, 0.3) is 11.0 Å². The largest absolute Gasteiger partial charge is 0.343 e. The van der Waals surface area contributed by atoms with Crippen molar-refractivity contribution >= 4 is 16.9 Å². The Balaban J connectivity index is 1.37. The van der Waals surface area contributed by atoms with Crippen LogP contribution in [0.2, 0.25) is 0 Å². The van der Waals surface area contributed by atoms with Gasteiger partial charge >= 0.3 is 0 Å². The molecular formula is C22H32N4O2. The fourth-order valence-electron chi connectivity index (χ4n) is 4.98. The maximum absolute atomic E-state index is 12.7. The first kappa shape index (κ1) is 19.2. The second kappa shape index (κ2) is 7.37. The molecule has 28 heavy (non-hydrogen) atoms. The molecule has 1 saturated heterocycles. The summed E-state index contributed by atoms with van der Waals surface area (Å²) in [5, 5.41) is 8.27. The summed E-state index contributed by atoms with van der Waals surface area (Å²) in [6.07, 6.45) is 7.08. The molecule has 6 nitrogen and oxygen atoms in total. The van der Waals surface area contributed by atoms with Crippen molar-refractivity contribution in [2.45, 2.75) is 71.6 Å². The highest BCUT2D eigenvalue weighted by atomic mass is 16.2. The molecule has 0 bridgehead atoms. The summed E-state index contributed by atoms with van der Waals surface area (Å²) in [5.41, 5.74) is 3.07. The van der Waals surface area contributed by atoms with Gasteiger partial charge in [-0.1, -0.05) is 13.8 Å². The third-order valence-corrected chi connectivity index (χ3v) is 6.98. The van der Waals surface area contributed by atoms with E-state index in [2.05, 4.69) is 33.9 Å². The number of H-pyrrole nitrogens is 2. The van der Waals surface area contributed by atoms with Crippen LogP contribution in [-0.4, -0.2) is 39.1 Å². The molecule has 4 rings (SSSR count). The summed E-state index contributed by atoms with van der Waals surface area (Å²) in [7, 11) is 0. The molecular weight excluding hydrogens is 352 g/mol. The monoisotopic (exact) mass is 384 g/mol. The number of aryl methyl sites for hydroxylation is 1. The standard InChI is InChI=1S/C22H32N4O2/c1-14-20-17(13-18(27)23-21(20)25-24-14)16-6-4-15(5-7-16)12-19(28)26-10-8-22(2,3)9-11-26/h13,15-16H,4-12H2,1-3H3,(H2,23,24,25,27). The van der Waals surface area contributed by atoms with Gasteiger partial charge in [0.25, 0.3) is 0 Å². The molecule has 2 N–H and O–H groups in total. The average Bonchev–Trinajstić information content (AvgIpc) is 3.02. The lowest BCUT2D eigenvalue weighted by molar-refractivity contribution is -0.134. The Morgan fingerprint density at radius 3 is 2.57 bits per heavy atom. The minimum absolute atomic E-state index is 0.0840. The van der Waals surface area contributed by atoms with E-state index in [0.29, 0.717) is 35.2 Å².